The Balaban J connectivity index is 0. The molecule has 0 aromatic heterocycles. The van der Waals surface area contributed by atoms with E-state index in [-0.39, 0.29) is 6.15 Å². The molecule has 3 nitrogen and oxygen atoms in total. The third-order valence-electron chi connectivity index (χ3n) is 3.56. The van der Waals surface area contributed by atoms with Crippen LogP contribution in [0.4, 0.5) is 0 Å². The van der Waals surface area contributed by atoms with Crippen molar-refractivity contribution in [3.8, 4) is 0 Å². The highest BCUT2D eigenvalue weighted by Gasteiger charge is 2.27. The smallest absolute Gasteiger partial charge is 0.170 e. The van der Waals surface area contributed by atoms with Crippen molar-refractivity contribution in [3.63, 3.8) is 0 Å². The third kappa shape index (κ3) is 12.9. The van der Waals surface area contributed by atoms with Gasteiger partial charge in [-0.15, -0.1) is 11.6 Å². The first-order valence-corrected chi connectivity index (χ1v) is 7.93. The standard InChI is InChI=1S/C15H31ClO2.H3N/c1-3-4-5-6-7-8-9-10-11-12-13-15(2,16)14(17)18;/h14,17-18H,3-13H2,1-2H3;1H3. The van der Waals surface area contributed by atoms with Gasteiger partial charge in [-0.2, -0.15) is 0 Å². The Hall–Kier alpha value is 0.170. The Bertz CT molecular complexity index is 187. The molecule has 5 N–H and O–H groups in total. The van der Waals surface area contributed by atoms with Crippen molar-refractivity contribution in [3.05, 3.63) is 0 Å². The molecule has 0 bridgehead atoms. The van der Waals surface area contributed by atoms with E-state index in [0.29, 0.717) is 6.42 Å². The molecule has 0 aliphatic carbocycles. The minimum Gasteiger partial charge on any atom is -0.367 e. The van der Waals surface area contributed by atoms with Gasteiger partial charge >= 0.3 is 0 Å². The predicted molar refractivity (Wildman–Crippen MR) is 84.0 cm³/mol. The van der Waals surface area contributed by atoms with Crippen LogP contribution in [0.15, 0.2) is 0 Å². The predicted octanol–water partition coefficient (Wildman–Crippen LogP) is 4.77. The molecule has 1 atom stereocenters. The lowest BCUT2D eigenvalue weighted by atomic mass is 10.00. The summed E-state index contributed by atoms with van der Waals surface area (Å²) in [7, 11) is 0. The van der Waals surface area contributed by atoms with E-state index < -0.39 is 11.2 Å². The highest BCUT2D eigenvalue weighted by atomic mass is 35.5. The quantitative estimate of drug-likeness (QED) is 0.276. The van der Waals surface area contributed by atoms with Gasteiger partial charge < -0.3 is 16.4 Å². The second kappa shape index (κ2) is 13.2. The van der Waals surface area contributed by atoms with Gasteiger partial charge in [0.15, 0.2) is 6.29 Å². The summed E-state index contributed by atoms with van der Waals surface area (Å²) in [5, 5.41) is 18.1. The van der Waals surface area contributed by atoms with Crippen LogP contribution in [0.2, 0.25) is 0 Å². The van der Waals surface area contributed by atoms with E-state index in [9.17, 15) is 0 Å². The lowest BCUT2D eigenvalue weighted by molar-refractivity contribution is -0.0697. The fraction of sp³-hybridized carbons (Fsp3) is 1.00. The number of alkyl halides is 1. The van der Waals surface area contributed by atoms with Crippen molar-refractivity contribution < 1.29 is 10.2 Å². The van der Waals surface area contributed by atoms with E-state index >= 15 is 0 Å². The van der Waals surface area contributed by atoms with Gasteiger partial charge in [-0.3, -0.25) is 0 Å². The SMILES string of the molecule is CCCCCCCCCCCCC(C)(Cl)C(O)O.N. The highest BCUT2D eigenvalue weighted by molar-refractivity contribution is 6.23. The van der Waals surface area contributed by atoms with Gasteiger partial charge in [0.25, 0.3) is 0 Å². The molecule has 0 aromatic carbocycles. The number of aliphatic hydroxyl groups is 2. The molecular formula is C15H34ClNO2. The second-order valence-electron chi connectivity index (χ2n) is 5.58. The summed E-state index contributed by atoms with van der Waals surface area (Å²) in [6, 6.07) is 0. The van der Waals surface area contributed by atoms with E-state index in [0.717, 1.165) is 12.8 Å². The zero-order valence-corrected chi connectivity index (χ0v) is 13.6. The maximum absolute atomic E-state index is 9.05. The van der Waals surface area contributed by atoms with Gasteiger partial charge in [0, 0.05) is 0 Å². The van der Waals surface area contributed by atoms with Crippen LogP contribution in [0.1, 0.15) is 84.5 Å². The Morgan fingerprint density at radius 2 is 1.21 bits per heavy atom. The van der Waals surface area contributed by atoms with Gasteiger partial charge in [0.2, 0.25) is 0 Å². The van der Waals surface area contributed by atoms with E-state index in [1.54, 1.807) is 6.92 Å². The highest BCUT2D eigenvalue weighted by Crippen LogP contribution is 2.25. The van der Waals surface area contributed by atoms with E-state index in [4.69, 9.17) is 21.8 Å². The normalized spacial score (nSPS) is 14.2. The first kappa shape index (κ1) is 21.5. The number of hydrogen-bond acceptors (Lipinski definition) is 3. The van der Waals surface area contributed by atoms with Crippen LogP contribution in [0, 0.1) is 0 Å². The molecular weight excluding hydrogens is 262 g/mol. The fourth-order valence-corrected chi connectivity index (χ4v) is 2.22. The molecule has 0 saturated heterocycles. The second-order valence-corrected chi connectivity index (χ2v) is 6.45. The number of aliphatic hydroxyl groups excluding tert-OH is 1. The molecule has 0 aliphatic heterocycles. The van der Waals surface area contributed by atoms with Gasteiger partial charge in [-0.05, 0) is 13.3 Å². The van der Waals surface area contributed by atoms with Crippen LogP contribution >= 0.6 is 11.6 Å². The molecule has 1 unspecified atom stereocenters. The summed E-state index contributed by atoms with van der Waals surface area (Å²) in [6.45, 7) is 3.93. The molecule has 0 rings (SSSR count). The zero-order valence-electron chi connectivity index (χ0n) is 12.8. The zero-order chi connectivity index (χ0) is 13.9. The van der Waals surface area contributed by atoms with Crippen molar-refractivity contribution in [1.82, 2.24) is 6.15 Å². The van der Waals surface area contributed by atoms with Crippen molar-refractivity contribution in [2.75, 3.05) is 0 Å². The summed E-state index contributed by atoms with van der Waals surface area (Å²) >= 11 is 5.98. The Morgan fingerprint density at radius 3 is 1.58 bits per heavy atom. The minimum atomic E-state index is -1.42. The molecule has 19 heavy (non-hydrogen) atoms. The topological polar surface area (TPSA) is 75.5 Å². The molecule has 0 amide bonds. The molecule has 0 heterocycles. The summed E-state index contributed by atoms with van der Waals surface area (Å²) in [5.41, 5.74) is 0. The average molecular weight is 296 g/mol. The first-order valence-electron chi connectivity index (χ1n) is 7.55. The Kier molecular flexibility index (Phi) is 14.9. The molecule has 0 aliphatic rings. The molecule has 0 saturated carbocycles. The van der Waals surface area contributed by atoms with Crippen LogP contribution in [-0.4, -0.2) is 21.4 Å². The van der Waals surface area contributed by atoms with Crippen molar-refractivity contribution in [2.45, 2.75) is 95.6 Å². The number of hydrogen-bond donors (Lipinski definition) is 3. The first-order chi connectivity index (χ1) is 8.50. The van der Waals surface area contributed by atoms with Crippen LogP contribution in [-0.2, 0) is 0 Å². The van der Waals surface area contributed by atoms with Crippen LogP contribution in [0.25, 0.3) is 0 Å². The Morgan fingerprint density at radius 1 is 0.842 bits per heavy atom. The molecule has 118 valence electrons. The molecule has 0 spiro atoms. The summed E-state index contributed by atoms with van der Waals surface area (Å²) < 4.78 is 0. The molecule has 0 aromatic rings. The van der Waals surface area contributed by atoms with Crippen LogP contribution < -0.4 is 6.15 Å². The largest absolute Gasteiger partial charge is 0.367 e. The van der Waals surface area contributed by atoms with E-state index in [1.165, 1.54) is 51.4 Å². The van der Waals surface area contributed by atoms with Crippen molar-refractivity contribution >= 4 is 11.6 Å². The molecule has 0 radical (unpaired) electrons. The number of unbranched alkanes of at least 4 members (excludes halogenated alkanes) is 9. The summed E-state index contributed by atoms with van der Waals surface area (Å²) in [4.78, 5) is -0.875. The summed E-state index contributed by atoms with van der Waals surface area (Å²) in [5.74, 6) is 0. The van der Waals surface area contributed by atoms with Crippen LogP contribution in [0.5, 0.6) is 0 Å². The molecule has 0 fully saturated rings. The van der Waals surface area contributed by atoms with Crippen molar-refractivity contribution in [2.24, 2.45) is 0 Å². The number of halogens is 1. The maximum atomic E-state index is 9.05. The fourth-order valence-electron chi connectivity index (χ4n) is 2.09. The van der Waals surface area contributed by atoms with Crippen LogP contribution in [0.3, 0.4) is 0 Å². The number of rotatable bonds is 12. The van der Waals surface area contributed by atoms with Gasteiger partial charge in [0.1, 0.15) is 0 Å². The van der Waals surface area contributed by atoms with E-state index in [1.807, 2.05) is 0 Å². The molecule has 4 heteroatoms. The van der Waals surface area contributed by atoms with Gasteiger partial charge in [-0.1, -0.05) is 71.1 Å². The van der Waals surface area contributed by atoms with Crippen molar-refractivity contribution in [1.29, 1.82) is 0 Å². The monoisotopic (exact) mass is 295 g/mol. The van der Waals surface area contributed by atoms with E-state index in [2.05, 4.69) is 6.92 Å². The lowest BCUT2D eigenvalue weighted by Gasteiger charge is -2.23. The Labute approximate surface area is 124 Å². The maximum Gasteiger partial charge on any atom is 0.170 e. The average Bonchev–Trinajstić information content (AvgIpc) is 2.31. The van der Waals surface area contributed by atoms with Gasteiger partial charge in [0.05, 0.1) is 4.87 Å². The lowest BCUT2D eigenvalue weighted by Crippen LogP contribution is -2.33. The minimum absolute atomic E-state index is 0. The summed E-state index contributed by atoms with van der Waals surface area (Å²) in [6.07, 6.45) is 12.1. The van der Waals surface area contributed by atoms with Gasteiger partial charge in [-0.25, -0.2) is 0 Å². The third-order valence-corrected chi connectivity index (χ3v) is 3.94.